The van der Waals surface area contributed by atoms with Gasteiger partial charge < -0.3 is 10.4 Å². The van der Waals surface area contributed by atoms with E-state index in [4.69, 9.17) is 5.11 Å². The molecule has 18 heavy (non-hydrogen) atoms. The molecule has 6 nitrogen and oxygen atoms in total. The Morgan fingerprint density at radius 3 is 2.56 bits per heavy atom. The van der Waals surface area contributed by atoms with Crippen LogP contribution in [0.4, 0.5) is 11.4 Å². The fraction of sp³-hybridized carbons (Fsp3) is 0.364. The number of carboxylic acids is 1. The molecule has 0 bridgehead atoms. The van der Waals surface area contributed by atoms with Gasteiger partial charge in [0.1, 0.15) is 11.7 Å². The first-order valence-electron chi connectivity index (χ1n) is 5.26. The topological polar surface area (TPSA) is 92.5 Å². The average molecular weight is 317 g/mol. The van der Waals surface area contributed by atoms with Gasteiger partial charge in [0.2, 0.25) is 0 Å². The average Bonchev–Trinajstić information content (AvgIpc) is 2.24. The number of hydrogen-bond donors (Lipinski definition) is 2. The Morgan fingerprint density at radius 1 is 1.50 bits per heavy atom. The number of anilines is 1. The second-order valence-corrected chi connectivity index (χ2v) is 5.04. The predicted octanol–water partition coefficient (Wildman–Crippen LogP) is 2.88. The molecule has 0 aliphatic rings. The zero-order chi connectivity index (χ0) is 13.9. The van der Waals surface area contributed by atoms with Crippen molar-refractivity contribution in [1.29, 1.82) is 0 Å². The quantitative estimate of drug-likeness (QED) is 0.643. The SMILES string of the molecule is CC(C)C(Nc1cc(Br)ccc1[N+](=O)[O-])C(=O)O. The van der Waals surface area contributed by atoms with Gasteiger partial charge in [0.05, 0.1) is 4.92 Å². The second kappa shape index (κ2) is 5.81. The monoisotopic (exact) mass is 316 g/mol. The van der Waals surface area contributed by atoms with Crippen molar-refractivity contribution in [2.45, 2.75) is 19.9 Å². The van der Waals surface area contributed by atoms with Crippen molar-refractivity contribution in [1.82, 2.24) is 0 Å². The van der Waals surface area contributed by atoms with Crippen LogP contribution in [0.15, 0.2) is 22.7 Å². The summed E-state index contributed by atoms with van der Waals surface area (Å²) in [4.78, 5) is 21.4. The number of halogens is 1. The molecule has 0 fully saturated rings. The molecule has 1 rings (SSSR count). The van der Waals surface area contributed by atoms with Gasteiger partial charge in [-0.3, -0.25) is 10.1 Å². The molecule has 2 N–H and O–H groups in total. The van der Waals surface area contributed by atoms with E-state index in [2.05, 4.69) is 21.2 Å². The lowest BCUT2D eigenvalue weighted by molar-refractivity contribution is -0.384. The summed E-state index contributed by atoms with van der Waals surface area (Å²) in [5, 5.41) is 22.6. The molecular weight excluding hydrogens is 304 g/mol. The first-order valence-corrected chi connectivity index (χ1v) is 6.05. The van der Waals surface area contributed by atoms with E-state index in [1.165, 1.54) is 18.2 Å². The van der Waals surface area contributed by atoms with Gasteiger partial charge in [0.25, 0.3) is 5.69 Å². The van der Waals surface area contributed by atoms with Crippen molar-refractivity contribution >= 4 is 33.3 Å². The van der Waals surface area contributed by atoms with Crippen LogP contribution in [0.25, 0.3) is 0 Å². The number of carboxylic acid groups (broad SMARTS) is 1. The highest BCUT2D eigenvalue weighted by molar-refractivity contribution is 9.10. The number of carbonyl (C=O) groups is 1. The van der Waals surface area contributed by atoms with Crippen LogP contribution < -0.4 is 5.32 Å². The molecule has 0 aliphatic heterocycles. The number of aliphatic carboxylic acids is 1. The minimum absolute atomic E-state index is 0.148. The molecule has 0 saturated heterocycles. The maximum Gasteiger partial charge on any atom is 0.326 e. The first kappa shape index (κ1) is 14.4. The molecule has 0 amide bonds. The maximum absolute atomic E-state index is 11.1. The second-order valence-electron chi connectivity index (χ2n) is 4.12. The molecule has 0 saturated carbocycles. The summed E-state index contributed by atoms with van der Waals surface area (Å²) in [5.74, 6) is -1.24. The number of benzene rings is 1. The standard InChI is InChI=1S/C11H13BrN2O4/c1-6(2)10(11(15)16)13-8-5-7(12)3-4-9(8)14(17)18/h3-6,10,13H,1-2H3,(H,15,16). The van der Waals surface area contributed by atoms with Gasteiger partial charge in [-0.15, -0.1) is 0 Å². The van der Waals surface area contributed by atoms with Gasteiger partial charge in [-0.05, 0) is 18.1 Å². The van der Waals surface area contributed by atoms with E-state index in [0.717, 1.165) is 0 Å². The molecule has 0 aliphatic carbocycles. The molecule has 0 radical (unpaired) electrons. The van der Waals surface area contributed by atoms with Gasteiger partial charge in [-0.2, -0.15) is 0 Å². The first-order chi connectivity index (χ1) is 8.32. The minimum atomic E-state index is -1.04. The van der Waals surface area contributed by atoms with Gasteiger partial charge in [-0.1, -0.05) is 29.8 Å². The lowest BCUT2D eigenvalue weighted by Crippen LogP contribution is -2.34. The lowest BCUT2D eigenvalue weighted by Gasteiger charge is -2.19. The number of nitrogens with zero attached hydrogens (tertiary/aromatic N) is 1. The summed E-state index contributed by atoms with van der Waals surface area (Å²) in [5.41, 5.74) is 0.0422. The summed E-state index contributed by atoms with van der Waals surface area (Å²) >= 11 is 3.20. The molecule has 1 aromatic rings. The lowest BCUT2D eigenvalue weighted by atomic mass is 10.0. The van der Waals surface area contributed by atoms with Crippen molar-refractivity contribution in [2.75, 3.05) is 5.32 Å². The zero-order valence-electron chi connectivity index (χ0n) is 9.88. The van der Waals surface area contributed by atoms with Crippen LogP contribution in [-0.2, 0) is 4.79 Å². The molecule has 98 valence electrons. The number of rotatable bonds is 5. The highest BCUT2D eigenvalue weighted by Crippen LogP contribution is 2.29. The summed E-state index contributed by atoms with van der Waals surface area (Å²) in [7, 11) is 0. The van der Waals surface area contributed by atoms with Crippen LogP contribution in [-0.4, -0.2) is 22.0 Å². The molecule has 0 heterocycles. The van der Waals surface area contributed by atoms with E-state index >= 15 is 0 Å². The molecular formula is C11H13BrN2O4. The minimum Gasteiger partial charge on any atom is -0.480 e. The molecule has 1 unspecified atom stereocenters. The Morgan fingerprint density at radius 2 is 2.11 bits per heavy atom. The molecule has 7 heteroatoms. The largest absolute Gasteiger partial charge is 0.480 e. The molecule has 1 aromatic carbocycles. The molecule has 0 spiro atoms. The van der Waals surface area contributed by atoms with Crippen molar-refractivity contribution in [3.63, 3.8) is 0 Å². The molecule has 0 aromatic heterocycles. The van der Waals surface area contributed by atoms with Crippen LogP contribution in [0.3, 0.4) is 0 Å². The molecule has 1 atom stereocenters. The number of hydrogen-bond acceptors (Lipinski definition) is 4. The van der Waals surface area contributed by atoms with Crippen LogP contribution in [0.5, 0.6) is 0 Å². The number of nitrogens with one attached hydrogen (secondary N) is 1. The zero-order valence-corrected chi connectivity index (χ0v) is 11.5. The number of nitro benzene ring substituents is 1. The summed E-state index contributed by atoms with van der Waals surface area (Å²) < 4.78 is 0.642. The fourth-order valence-corrected chi connectivity index (χ4v) is 1.83. The highest BCUT2D eigenvalue weighted by Gasteiger charge is 2.24. The Hall–Kier alpha value is -1.63. The van der Waals surface area contributed by atoms with Gasteiger partial charge in [0, 0.05) is 10.5 Å². The van der Waals surface area contributed by atoms with Crippen LogP contribution >= 0.6 is 15.9 Å². The maximum atomic E-state index is 11.1. The highest BCUT2D eigenvalue weighted by atomic mass is 79.9. The van der Waals surface area contributed by atoms with Crippen molar-refractivity contribution < 1.29 is 14.8 Å². The number of nitro groups is 1. The summed E-state index contributed by atoms with van der Waals surface area (Å²) in [6.45, 7) is 3.46. The van der Waals surface area contributed by atoms with Crippen molar-refractivity contribution in [3.8, 4) is 0 Å². The normalized spacial score (nSPS) is 12.2. The van der Waals surface area contributed by atoms with Crippen molar-refractivity contribution in [3.05, 3.63) is 32.8 Å². The van der Waals surface area contributed by atoms with Crippen LogP contribution in [0.1, 0.15) is 13.8 Å². The van der Waals surface area contributed by atoms with E-state index in [9.17, 15) is 14.9 Å². The Balaban J connectivity index is 3.12. The van der Waals surface area contributed by atoms with Crippen molar-refractivity contribution in [2.24, 2.45) is 5.92 Å². The Labute approximate surface area is 112 Å². The third-order valence-corrected chi connectivity index (χ3v) is 2.89. The van der Waals surface area contributed by atoms with E-state index in [-0.39, 0.29) is 17.3 Å². The van der Waals surface area contributed by atoms with Gasteiger partial charge >= 0.3 is 5.97 Å². The fourth-order valence-electron chi connectivity index (χ4n) is 1.46. The van der Waals surface area contributed by atoms with E-state index in [0.29, 0.717) is 4.47 Å². The smallest absolute Gasteiger partial charge is 0.326 e. The Kier molecular flexibility index (Phi) is 4.66. The van der Waals surface area contributed by atoms with E-state index in [1.54, 1.807) is 13.8 Å². The Bertz CT molecular complexity index is 476. The van der Waals surface area contributed by atoms with E-state index in [1.807, 2.05) is 0 Å². The van der Waals surface area contributed by atoms with Gasteiger partial charge in [0.15, 0.2) is 0 Å². The third-order valence-electron chi connectivity index (χ3n) is 2.40. The summed E-state index contributed by atoms with van der Waals surface area (Å²) in [6.07, 6.45) is 0. The third kappa shape index (κ3) is 3.43. The van der Waals surface area contributed by atoms with Crippen LogP contribution in [0.2, 0.25) is 0 Å². The van der Waals surface area contributed by atoms with Crippen LogP contribution in [0, 0.1) is 16.0 Å². The van der Waals surface area contributed by atoms with E-state index < -0.39 is 16.9 Å². The predicted molar refractivity (Wildman–Crippen MR) is 70.7 cm³/mol. The summed E-state index contributed by atoms with van der Waals surface area (Å²) in [6, 6.07) is 3.48. The van der Waals surface area contributed by atoms with Gasteiger partial charge in [-0.25, -0.2) is 4.79 Å².